The second-order valence-electron chi connectivity index (χ2n) is 4.87. The fourth-order valence-electron chi connectivity index (χ4n) is 1.79. The van der Waals surface area contributed by atoms with Gasteiger partial charge in [-0.1, -0.05) is 53.5 Å². The van der Waals surface area contributed by atoms with Crippen LogP contribution >= 0.6 is 23.2 Å². The lowest BCUT2D eigenvalue weighted by molar-refractivity contribution is -0.162. The minimum Gasteiger partial charge on any atom is -0.450 e. The monoisotopic (exact) mass is 368 g/mol. The molecule has 1 heterocycles. The molecule has 0 spiro atoms. The van der Waals surface area contributed by atoms with Gasteiger partial charge in [-0.25, -0.2) is 9.78 Å². The number of nitrogens with one attached hydrogen (secondary N) is 1. The van der Waals surface area contributed by atoms with E-state index in [1.807, 2.05) is 0 Å². The minimum absolute atomic E-state index is 0.0950. The lowest BCUT2D eigenvalue weighted by atomic mass is 10.1. The second kappa shape index (κ2) is 8.10. The van der Waals surface area contributed by atoms with Crippen molar-refractivity contribution in [3.05, 3.63) is 58.2 Å². The number of carbonyl (C=O) groups excluding carboxylic acids is 2. The maximum atomic E-state index is 12.0. The molecule has 0 aliphatic rings. The Balaban J connectivity index is 1.97. The summed E-state index contributed by atoms with van der Waals surface area (Å²) in [5.41, 5.74) is 0.373. The Labute approximate surface area is 148 Å². The zero-order chi connectivity index (χ0) is 17.7. The van der Waals surface area contributed by atoms with Crippen LogP contribution in [0.15, 0.2) is 42.6 Å². The minimum atomic E-state index is -1.47. The summed E-state index contributed by atoms with van der Waals surface area (Å²) in [6.07, 6.45) is -1.30. The molecule has 2 aromatic rings. The Morgan fingerprint density at radius 3 is 2.54 bits per heavy atom. The maximum absolute atomic E-state index is 12.0. The van der Waals surface area contributed by atoms with Crippen LogP contribution in [0.1, 0.15) is 18.6 Å². The number of aliphatic hydroxyl groups is 1. The first kappa shape index (κ1) is 18.2. The average molecular weight is 369 g/mol. The third-order valence-corrected chi connectivity index (χ3v) is 3.54. The van der Waals surface area contributed by atoms with Crippen molar-refractivity contribution in [3.63, 3.8) is 0 Å². The van der Waals surface area contributed by atoms with Crippen LogP contribution in [0, 0.1) is 0 Å². The summed E-state index contributed by atoms with van der Waals surface area (Å²) in [6, 6.07) is 9.68. The van der Waals surface area contributed by atoms with Crippen molar-refractivity contribution in [2.45, 2.75) is 19.1 Å². The molecule has 0 bridgehead atoms. The fourth-order valence-corrected chi connectivity index (χ4v) is 2.22. The molecule has 0 aliphatic carbocycles. The zero-order valence-corrected chi connectivity index (χ0v) is 14.1. The van der Waals surface area contributed by atoms with Crippen LogP contribution in [0.2, 0.25) is 10.0 Å². The molecule has 0 fully saturated rings. The first-order chi connectivity index (χ1) is 11.4. The van der Waals surface area contributed by atoms with Crippen molar-refractivity contribution in [1.29, 1.82) is 0 Å². The van der Waals surface area contributed by atoms with Gasteiger partial charge in [-0.2, -0.15) is 0 Å². The Kier molecular flexibility index (Phi) is 6.14. The van der Waals surface area contributed by atoms with E-state index in [1.54, 1.807) is 30.3 Å². The van der Waals surface area contributed by atoms with Gasteiger partial charge < -0.3 is 15.2 Å². The lowest BCUT2D eigenvalue weighted by Crippen LogP contribution is -2.32. The van der Waals surface area contributed by atoms with Gasteiger partial charge in [0.15, 0.2) is 18.0 Å². The number of anilines is 1. The highest BCUT2D eigenvalue weighted by Gasteiger charge is 2.25. The number of pyridine rings is 1. The van der Waals surface area contributed by atoms with E-state index >= 15 is 0 Å². The molecule has 2 atom stereocenters. The molecule has 0 saturated carbocycles. The van der Waals surface area contributed by atoms with E-state index in [-0.39, 0.29) is 10.8 Å². The molecular formula is C16H14Cl2N2O4. The number of aromatic nitrogens is 1. The van der Waals surface area contributed by atoms with E-state index in [4.69, 9.17) is 27.9 Å². The summed E-state index contributed by atoms with van der Waals surface area (Å²) < 4.78 is 4.97. The summed E-state index contributed by atoms with van der Waals surface area (Å²) in [7, 11) is 0. The van der Waals surface area contributed by atoms with Gasteiger partial charge in [-0.15, -0.1) is 0 Å². The SMILES string of the molecule is C[C@@H](OC(=O)[C@H](O)c1ccccc1)C(=O)Nc1ncc(Cl)cc1Cl. The van der Waals surface area contributed by atoms with Crippen LogP contribution in [-0.2, 0) is 14.3 Å². The molecule has 0 radical (unpaired) electrons. The van der Waals surface area contributed by atoms with E-state index in [0.717, 1.165) is 0 Å². The van der Waals surface area contributed by atoms with Crippen molar-refractivity contribution < 1.29 is 19.4 Å². The molecule has 1 amide bonds. The number of nitrogens with zero attached hydrogens (tertiary/aromatic N) is 1. The number of carbonyl (C=O) groups is 2. The van der Waals surface area contributed by atoms with Crippen molar-refractivity contribution in [1.82, 2.24) is 4.98 Å². The Bertz CT molecular complexity index is 740. The van der Waals surface area contributed by atoms with Gasteiger partial charge in [0, 0.05) is 6.20 Å². The number of halogens is 2. The average Bonchev–Trinajstić information content (AvgIpc) is 2.57. The fraction of sp³-hybridized carbons (Fsp3) is 0.188. The van der Waals surface area contributed by atoms with Crippen molar-refractivity contribution >= 4 is 40.9 Å². The van der Waals surface area contributed by atoms with E-state index < -0.39 is 24.1 Å². The van der Waals surface area contributed by atoms with Gasteiger partial charge in [0.2, 0.25) is 0 Å². The van der Waals surface area contributed by atoms with Crippen LogP contribution in [0.3, 0.4) is 0 Å². The molecule has 2 rings (SSSR count). The van der Waals surface area contributed by atoms with Crippen molar-refractivity contribution in [2.24, 2.45) is 0 Å². The molecule has 0 saturated heterocycles. The predicted molar refractivity (Wildman–Crippen MR) is 89.8 cm³/mol. The highest BCUT2D eigenvalue weighted by molar-refractivity contribution is 6.36. The van der Waals surface area contributed by atoms with Gasteiger partial charge in [-0.05, 0) is 18.6 Å². The summed E-state index contributed by atoms with van der Waals surface area (Å²) >= 11 is 11.6. The molecule has 8 heteroatoms. The standard InChI is InChI=1S/C16H14Cl2N2O4/c1-9(15(22)20-14-12(18)7-11(17)8-19-14)24-16(23)13(21)10-5-3-2-4-6-10/h2-9,13,21H,1H3,(H,19,20,22)/t9-,13-/m1/s1. The van der Waals surface area contributed by atoms with Gasteiger partial charge in [0.1, 0.15) is 0 Å². The molecule has 0 unspecified atom stereocenters. The van der Waals surface area contributed by atoms with Crippen LogP contribution in [0.5, 0.6) is 0 Å². The Morgan fingerprint density at radius 1 is 1.25 bits per heavy atom. The lowest BCUT2D eigenvalue weighted by Gasteiger charge is -2.16. The maximum Gasteiger partial charge on any atom is 0.340 e. The molecule has 1 aromatic heterocycles. The molecule has 1 aromatic carbocycles. The number of hydrogen-bond donors (Lipinski definition) is 2. The van der Waals surface area contributed by atoms with Crippen LogP contribution < -0.4 is 5.32 Å². The first-order valence-electron chi connectivity index (χ1n) is 6.94. The number of amides is 1. The van der Waals surface area contributed by atoms with Gasteiger partial charge in [0.25, 0.3) is 5.91 Å². The van der Waals surface area contributed by atoms with Crippen molar-refractivity contribution in [3.8, 4) is 0 Å². The predicted octanol–water partition coefficient (Wildman–Crippen LogP) is 2.99. The Hall–Kier alpha value is -2.15. The van der Waals surface area contributed by atoms with Gasteiger partial charge >= 0.3 is 5.97 Å². The van der Waals surface area contributed by atoms with Gasteiger partial charge in [-0.3, -0.25) is 4.79 Å². The third-order valence-electron chi connectivity index (χ3n) is 3.05. The number of esters is 1. The van der Waals surface area contributed by atoms with E-state index in [2.05, 4.69) is 10.3 Å². The van der Waals surface area contributed by atoms with Crippen LogP contribution in [0.4, 0.5) is 5.82 Å². The molecule has 2 N–H and O–H groups in total. The van der Waals surface area contributed by atoms with E-state index in [0.29, 0.717) is 10.6 Å². The quantitative estimate of drug-likeness (QED) is 0.791. The number of rotatable bonds is 5. The number of ether oxygens (including phenoxy) is 1. The summed E-state index contributed by atoms with van der Waals surface area (Å²) in [5.74, 6) is -1.48. The smallest absolute Gasteiger partial charge is 0.340 e. The molecule has 126 valence electrons. The normalized spacial score (nSPS) is 13.0. The number of benzene rings is 1. The second-order valence-corrected chi connectivity index (χ2v) is 5.71. The summed E-state index contributed by atoms with van der Waals surface area (Å²) in [6.45, 7) is 1.37. The van der Waals surface area contributed by atoms with E-state index in [1.165, 1.54) is 19.2 Å². The van der Waals surface area contributed by atoms with E-state index in [9.17, 15) is 14.7 Å². The topological polar surface area (TPSA) is 88.5 Å². The Morgan fingerprint density at radius 2 is 1.92 bits per heavy atom. The highest BCUT2D eigenvalue weighted by atomic mass is 35.5. The third kappa shape index (κ3) is 4.67. The zero-order valence-electron chi connectivity index (χ0n) is 12.6. The number of aliphatic hydroxyl groups excluding tert-OH is 1. The van der Waals surface area contributed by atoms with Crippen LogP contribution in [0.25, 0.3) is 0 Å². The molecule has 24 heavy (non-hydrogen) atoms. The first-order valence-corrected chi connectivity index (χ1v) is 7.69. The van der Waals surface area contributed by atoms with Gasteiger partial charge in [0.05, 0.1) is 10.0 Å². The van der Waals surface area contributed by atoms with Crippen molar-refractivity contribution in [2.75, 3.05) is 5.32 Å². The van der Waals surface area contributed by atoms with Crippen LogP contribution in [-0.4, -0.2) is 28.1 Å². The molecular weight excluding hydrogens is 355 g/mol. The summed E-state index contributed by atoms with van der Waals surface area (Å²) in [5, 5.41) is 12.8. The highest BCUT2D eigenvalue weighted by Crippen LogP contribution is 2.23. The number of hydrogen-bond acceptors (Lipinski definition) is 5. The molecule has 6 nitrogen and oxygen atoms in total. The largest absolute Gasteiger partial charge is 0.450 e. The summed E-state index contributed by atoms with van der Waals surface area (Å²) in [4.78, 5) is 27.8. The molecule has 0 aliphatic heterocycles.